The van der Waals surface area contributed by atoms with E-state index in [-0.39, 0.29) is 17.0 Å². The Morgan fingerprint density at radius 1 is 1.00 bits per heavy atom. The molecule has 8 heteroatoms. The van der Waals surface area contributed by atoms with Crippen molar-refractivity contribution >= 4 is 46.1 Å². The molecule has 1 amide bonds. The Labute approximate surface area is 219 Å². The molecule has 3 heterocycles. The van der Waals surface area contributed by atoms with Gasteiger partial charge >= 0.3 is 0 Å². The number of carbonyl (C=O) groups is 1. The van der Waals surface area contributed by atoms with Crippen LogP contribution in [0.4, 0.5) is 5.82 Å². The minimum atomic E-state index is -0.236. The average Bonchev–Trinajstić information content (AvgIpc) is 3.12. The topological polar surface area (TPSA) is 69.3 Å². The number of thiocarbonyl (C=S) groups is 1. The maximum absolute atomic E-state index is 13.3. The number of anilines is 1. The van der Waals surface area contributed by atoms with Crippen LogP contribution in [0.3, 0.4) is 0 Å². The van der Waals surface area contributed by atoms with Crippen molar-refractivity contribution in [2.75, 3.05) is 24.5 Å². The van der Waals surface area contributed by atoms with Gasteiger partial charge in [-0.1, -0.05) is 69.9 Å². The second-order valence-electron chi connectivity index (χ2n) is 9.45. The highest BCUT2D eigenvalue weighted by Crippen LogP contribution is 2.36. The van der Waals surface area contributed by atoms with Gasteiger partial charge in [-0.2, -0.15) is 5.26 Å². The van der Waals surface area contributed by atoms with Crippen LogP contribution in [0.5, 0.6) is 0 Å². The number of nitrogens with zero attached hydrogens (tertiary/aromatic N) is 4. The quantitative estimate of drug-likeness (QED) is 0.205. The smallest absolute Gasteiger partial charge is 0.270 e. The molecule has 1 aromatic heterocycles. The summed E-state index contributed by atoms with van der Waals surface area (Å²) >= 11 is 6.90. The van der Waals surface area contributed by atoms with Crippen LogP contribution in [0, 0.1) is 18.3 Å². The summed E-state index contributed by atoms with van der Waals surface area (Å²) in [7, 11) is 0. The summed E-state index contributed by atoms with van der Waals surface area (Å²) in [6, 6.07) is 2.13. The lowest BCUT2D eigenvalue weighted by atomic mass is 10.0. The first-order chi connectivity index (χ1) is 16.9. The average molecular weight is 515 g/mol. The van der Waals surface area contributed by atoms with Crippen molar-refractivity contribution in [3.8, 4) is 6.07 Å². The van der Waals surface area contributed by atoms with Crippen LogP contribution < -0.4 is 10.5 Å². The third kappa shape index (κ3) is 6.37. The molecule has 2 aliphatic heterocycles. The maximum Gasteiger partial charge on any atom is 0.270 e. The summed E-state index contributed by atoms with van der Waals surface area (Å²) in [5.41, 5.74) is 1.37. The third-order valence-corrected chi connectivity index (χ3v) is 8.21. The molecule has 2 fully saturated rings. The minimum absolute atomic E-state index is 0.0655. The van der Waals surface area contributed by atoms with Gasteiger partial charge in [0.25, 0.3) is 11.5 Å². The summed E-state index contributed by atoms with van der Waals surface area (Å²) in [4.78, 5) is 31.1. The molecular weight excluding hydrogens is 476 g/mol. The van der Waals surface area contributed by atoms with Crippen molar-refractivity contribution in [3.05, 3.63) is 31.9 Å². The van der Waals surface area contributed by atoms with Gasteiger partial charge in [-0.05, 0) is 50.7 Å². The van der Waals surface area contributed by atoms with Crippen molar-refractivity contribution in [3.63, 3.8) is 0 Å². The number of thioether (sulfide) groups is 1. The zero-order valence-corrected chi connectivity index (χ0v) is 23.0. The first kappa shape index (κ1) is 27.5. The Bertz CT molecular complexity index is 1060. The van der Waals surface area contributed by atoms with E-state index in [2.05, 4.69) is 17.9 Å². The SMILES string of the molecule is CCCCCCCCN1C(=O)/C(=C\c2c(C)c(C#N)c(=O)n(CCC)c2N2CCCCC2)SC1=S. The fourth-order valence-corrected chi connectivity index (χ4v) is 6.19. The Morgan fingerprint density at radius 3 is 2.34 bits per heavy atom. The van der Waals surface area contributed by atoms with Crippen LogP contribution >= 0.6 is 24.0 Å². The molecule has 1 aromatic rings. The van der Waals surface area contributed by atoms with Crippen LogP contribution in [-0.2, 0) is 11.3 Å². The molecule has 190 valence electrons. The number of hydrogen-bond donors (Lipinski definition) is 0. The Hall–Kier alpha value is -2.11. The number of hydrogen-bond acceptors (Lipinski definition) is 6. The monoisotopic (exact) mass is 514 g/mol. The summed E-state index contributed by atoms with van der Waals surface area (Å²) in [5, 5.41) is 9.79. The Balaban J connectivity index is 1.96. The van der Waals surface area contributed by atoms with Crippen LogP contribution in [0.25, 0.3) is 6.08 Å². The molecule has 35 heavy (non-hydrogen) atoms. The summed E-state index contributed by atoms with van der Waals surface area (Å²) in [6.07, 6.45) is 12.9. The van der Waals surface area contributed by atoms with Gasteiger partial charge in [0.15, 0.2) is 0 Å². The molecule has 0 bridgehead atoms. The number of amides is 1. The van der Waals surface area contributed by atoms with E-state index in [4.69, 9.17) is 12.2 Å². The first-order valence-electron chi connectivity index (χ1n) is 13.1. The molecule has 0 unspecified atom stereocenters. The zero-order chi connectivity index (χ0) is 25.4. The largest absolute Gasteiger partial charge is 0.357 e. The van der Waals surface area contributed by atoms with E-state index in [1.165, 1.54) is 43.9 Å². The van der Waals surface area contributed by atoms with Crippen LogP contribution in [0.1, 0.15) is 94.7 Å². The highest BCUT2D eigenvalue weighted by molar-refractivity contribution is 8.26. The van der Waals surface area contributed by atoms with Gasteiger partial charge in [0.2, 0.25) is 0 Å². The lowest BCUT2D eigenvalue weighted by molar-refractivity contribution is -0.122. The third-order valence-electron chi connectivity index (χ3n) is 6.83. The summed E-state index contributed by atoms with van der Waals surface area (Å²) in [5.74, 6) is 0.776. The van der Waals surface area contributed by atoms with Crippen LogP contribution in [0.15, 0.2) is 9.70 Å². The standard InChI is InChI=1S/C27H38N4O2S2/c1-4-6-7-8-9-13-17-31-26(33)23(35-27(31)34)18-21-20(3)22(19-28)25(32)30(14-5-2)24(21)29-15-11-10-12-16-29/h18H,4-17H2,1-3H3/b23-18+. The summed E-state index contributed by atoms with van der Waals surface area (Å²) in [6.45, 7) is 8.99. The number of piperidine rings is 1. The zero-order valence-electron chi connectivity index (χ0n) is 21.4. The van der Waals surface area contributed by atoms with Gasteiger partial charge in [0.1, 0.15) is 21.8 Å². The molecule has 3 rings (SSSR count). The van der Waals surface area contributed by atoms with Crippen LogP contribution in [-0.4, -0.2) is 39.3 Å². The molecule has 0 spiro atoms. The molecule has 0 saturated carbocycles. The van der Waals surface area contributed by atoms with Crippen molar-refractivity contribution in [1.82, 2.24) is 9.47 Å². The van der Waals surface area contributed by atoms with E-state index in [1.54, 1.807) is 9.47 Å². The van der Waals surface area contributed by atoms with Crippen molar-refractivity contribution in [2.45, 2.75) is 91.5 Å². The lowest BCUT2D eigenvalue weighted by Crippen LogP contribution is -2.37. The number of nitriles is 1. The van der Waals surface area contributed by atoms with Gasteiger partial charge in [-0.25, -0.2) is 0 Å². The van der Waals surface area contributed by atoms with Crippen molar-refractivity contribution in [1.29, 1.82) is 5.26 Å². The highest BCUT2D eigenvalue weighted by Gasteiger charge is 2.33. The highest BCUT2D eigenvalue weighted by atomic mass is 32.2. The minimum Gasteiger partial charge on any atom is -0.357 e. The molecular formula is C27H38N4O2S2. The lowest BCUT2D eigenvalue weighted by Gasteiger charge is -2.33. The van der Waals surface area contributed by atoms with Gasteiger partial charge in [-0.15, -0.1) is 0 Å². The van der Waals surface area contributed by atoms with Crippen molar-refractivity contribution < 1.29 is 4.79 Å². The molecule has 0 N–H and O–H groups in total. The number of pyridine rings is 1. The van der Waals surface area contributed by atoms with Crippen LogP contribution in [0.2, 0.25) is 0 Å². The number of unbranched alkanes of at least 4 members (excludes halogenated alkanes) is 5. The Kier molecular flexibility index (Phi) is 10.4. The fraction of sp³-hybridized carbons (Fsp3) is 0.630. The maximum atomic E-state index is 13.3. The molecule has 2 saturated heterocycles. The molecule has 0 aromatic carbocycles. The van der Waals surface area contributed by atoms with Gasteiger partial charge in [0, 0.05) is 31.7 Å². The molecule has 0 radical (unpaired) electrons. The second kappa shape index (κ2) is 13.3. The van der Waals surface area contributed by atoms with Gasteiger partial charge in [0.05, 0.1) is 4.91 Å². The molecule has 2 aliphatic rings. The van der Waals surface area contributed by atoms with E-state index in [0.717, 1.165) is 56.6 Å². The van der Waals surface area contributed by atoms with Gasteiger partial charge < -0.3 is 4.90 Å². The van der Waals surface area contributed by atoms with E-state index in [0.29, 0.717) is 27.9 Å². The van der Waals surface area contributed by atoms with E-state index in [1.807, 2.05) is 19.9 Å². The predicted octanol–water partition coefficient (Wildman–Crippen LogP) is 5.99. The number of carbonyl (C=O) groups excluding carboxylic acids is 1. The molecule has 0 aliphatic carbocycles. The van der Waals surface area contributed by atoms with Gasteiger partial charge in [-0.3, -0.25) is 19.1 Å². The number of aromatic nitrogens is 1. The second-order valence-corrected chi connectivity index (χ2v) is 11.1. The fourth-order valence-electron chi connectivity index (χ4n) is 4.90. The number of rotatable bonds is 11. The predicted molar refractivity (Wildman–Crippen MR) is 150 cm³/mol. The molecule has 6 nitrogen and oxygen atoms in total. The van der Waals surface area contributed by atoms with E-state index >= 15 is 0 Å². The first-order valence-corrected chi connectivity index (χ1v) is 14.3. The van der Waals surface area contributed by atoms with E-state index in [9.17, 15) is 14.9 Å². The molecule has 0 atom stereocenters. The van der Waals surface area contributed by atoms with Crippen molar-refractivity contribution in [2.24, 2.45) is 0 Å². The normalized spacial score (nSPS) is 17.5. The Morgan fingerprint density at radius 2 is 1.69 bits per heavy atom. The summed E-state index contributed by atoms with van der Waals surface area (Å²) < 4.78 is 2.34. The van der Waals surface area contributed by atoms with E-state index < -0.39 is 0 Å².